The number of aromatic nitrogens is 2. The van der Waals surface area contributed by atoms with E-state index in [2.05, 4.69) is 10.2 Å². The van der Waals surface area contributed by atoms with Crippen molar-refractivity contribution in [2.75, 3.05) is 37.9 Å². The van der Waals surface area contributed by atoms with E-state index < -0.39 is 0 Å². The summed E-state index contributed by atoms with van der Waals surface area (Å²) in [4.78, 5) is 0. The number of rotatable bonds is 10. The molecule has 0 saturated heterocycles. The fraction of sp³-hybridized carbons (Fsp3) is 0.800. The molecule has 1 rings (SSSR count). The lowest BCUT2D eigenvalue weighted by Crippen LogP contribution is -1.95. The Morgan fingerprint density at radius 3 is 1.82 bits per heavy atom. The van der Waals surface area contributed by atoms with Gasteiger partial charge in [0.25, 0.3) is 0 Å². The van der Waals surface area contributed by atoms with Crippen LogP contribution in [0.1, 0.15) is 13.8 Å². The molecule has 0 aliphatic carbocycles. The van der Waals surface area contributed by atoms with Crippen LogP contribution in [-0.2, 0) is 9.47 Å². The summed E-state index contributed by atoms with van der Waals surface area (Å²) in [5.41, 5.74) is 0. The topological polar surface area (TPSA) is 44.2 Å². The largest absolute Gasteiger partial charge is 0.381 e. The summed E-state index contributed by atoms with van der Waals surface area (Å²) >= 11 is 5.04. The highest BCUT2D eigenvalue weighted by Gasteiger charge is 2.04. The molecule has 0 spiro atoms. The molecule has 0 fully saturated rings. The summed E-state index contributed by atoms with van der Waals surface area (Å²) in [6.07, 6.45) is 0. The second-order valence-electron chi connectivity index (χ2n) is 2.92. The van der Waals surface area contributed by atoms with Crippen molar-refractivity contribution in [1.82, 2.24) is 10.2 Å². The van der Waals surface area contributed by atoms with E-state index in [1.807, 2.05) is 13.8 Å². The molecule has 1 aromatic rings. The molecule has 0 bridgehead atoms. The van der Waals surface area contributed by atoms with Gasteiger partial charge in [0.05, 0.1) is 13.2 Å². The van der Waals surface area contributed by atoms with Crippen LogP contribution in [0.25, 0.3) is 0 Å². The molecule has 1 heterocycles. The van der Waals surface area contributed by atoms with Crippen LogP contribution < -0.4 is 0 Å². The van der Waals surface area contributed by atoms with Gasteiger partial charge in [-0.3, -0.25) is 0 Å². The second-order valence-corrected chi connectivity index (χ2v) is 6.59. The Balaban J connectivity index is 2.14. The highest BCUT2D eigenvalue weighted by atomic mass is 32.2. The number of hydrogen-bond acceptors (Lipinski definition) is 7. The van der Waals surface area contributed by atoms with Crippen molar-refractivity contribution in [3.8, 4) is 0 Å². The predicted molar refractivity (Wildman–Crippen MR) is 74.3 cm³/mol. The number of ether oxygens (including phenoxy) is 2. The molecule has 0 aliphatic heterocycles. The molecule has 4 nitrogen and oxygen atoms in total. The smallest absolute Gasteiger partial charge is 0.175 e. The van der Waals surface area contributed by atoms with E-state index in [1.165, 1.54) is 0 Å². The van der Waals surface area contributed by atoms with Gasteiger partial charge in [0.1, 0.15) is 0 Å². The Hall–Kier alpha value is 0.180. The Morgan fingerprint density at radius 1 is 0.941 bits per heavy atom. The van der Waals surface area contributed by atoms with Crippen LogP contribution in [0.15, 0.2) is 8.68 Å². The molecule has 0 radical (unpaired) electrons. The standard InChI is InChI=1S/C10H18N2O2S3/c1-3-13-5-7-15-9-11-12-10(17-9)16-8-6-14-4-2/h3-8H2,1-2H3. The normalized spacial score (nSPS) is 10.9. The third-order valence-electron chi connectivity index (χ3n) is 1.70. The van der Waals surface area contributed by atoms with Gasteiger partial charge in [-0.15, -0.1) is 10.2 Å². The summed E-state index contributed by atoms with van der Waals surface area (Å²) in [7, 11) is 0. The lowest BCUT2D eigenvalue weighted by atomic mass is 10.8. The molecule has 7 heteroatoms. The van der Waals surface area contributed by atoms with Crippen molar-refractivity contribution < 1.29 is 9.47 Å². The molecule has 0 saturated carbocycles. The third-order valence-corrected chi connectivity index (χ3v) is 4.82. The number of nitrogens with zero attached hydrogens (tertiary/aromatic N) is 2. The zero-order valence-corrected chi connectivity index (χ0v) is 12.6. The van der Waals surface area contributed by atoms with E-state index in [1.54, 1.807) is 34.9 Å². The lowest BCUT2D eigenvalue weighted by Gasteiger charge is -1.97. The fourth-order valence-corrected chi connectivity index (χ4v) is 3.84. The Morgan fingerprint density at radius 2 is 1.41 bits per heavy atom. The van der Waals surface area contributed by atoms with Crippen molar-refractivity contribution in [3.63, 3.8) is 0 Å². The first-order valence-electron chi connectivity index (χ1n) is 5.61. The van der Waals surface area contributed by atoms with E-state index in [0.717, 1.165) is 46.6 Å². The van der Waals surface area contributed by atoms with Gasteiger partial charge in [-0.25, -0.2) is 0 Å². The van der Waals surface area contributed by atoms with E-state index in [-0.39, 0.29) is 0 Å². The zero-order valence-electron chi connectivity index (χ0n) is 10.2. The van der Waals surface area contributed by atoms with Crippen LogP contribution >= 0.6 is 34.9 Å². The molecular weight excluding hydrogens is 276 g/mol. The SMILES string of the molecule is CCOCCSc1nnc(SCCOCC)s1. The maximum atomic E-state index is 5.27. The lowest BCUT2D eigenvalue weighted by molar-refractivity contribution is 0.164. The third kappa shape index (κ3) is 7.25. The highest BCUT2D eigenvalue weighted by Crippen LogP contribution is 2.28. The molecule has 0 N–H and O–H groups in total. The van der Waals surface area contributed by atoms with Crippen LogP contribution in [0.5, 0.6) is 0 Å². The van der Waals surface area contributed by atoms with Crippen molar-refractivity contribution in [1.29, 1.82) is 0 Å². The van der Waals surface area contributed by atoms with Crippen LogP contribution in [0.3, 0.4) is 0 Å². The van der Waals surface area contributed by atoms with Gasteiger partial charge >= 0.3 is 0 Å². The fourth-order valence-electron chi connectivity index (χ4n) is 0.978. The molecular formula is C10H18N2O2S3. The first-order valence-corrected chi connectivity index (χ1v) is 8.40. The van der Waals surface area contributed by atoms with E-state index in [0.29, 0.717) is 0 Å². The van der Waals surface area contributed by atoms with Crippen molar-refractivity contribution >= 4 is 34.9 Å². The van der Waals surface area contributed by atoms with Gasteiger partial charge in [0, 0.05) is 24.7 Å². The van der Waals surface area contributed by atoms with E-state index in [4.69, 9.17) is 9.47 Å². The van der Waals surface area contributed by atoms with Crippen LogP contribution in [0.4, 0.5) is 0 Å². The maximum absolute atomic E-state index is 5.27. The minimum absolute atomic E-state index is 0.771. The quantitative estimate of drug-likeness (QED) is 0.488. The molecule has 98 valence electrons. The van der Waals surface area contributed by atoms with Gasteiger partial charge < -0.3 is 9.47 Å². The zero-order chi connectivity index (χ0) is 12.3. The molecule has 0 unspecified atom stereocenters. The molecule has 0 aromatic carbocycles. The first kappa shape index (κ1) is 15.2. The van der Waals surface area contributed by atoms with Gasteiger partial charge in [-0.05, 0) is 13.8 Å². The van der Waals surface area contributed by atoms with E-state index in [9.17, 15) is 0 Å². The Labute approximate surface area is 115 Å². The summed E-state index contributed by atoms with van der Waals surface area (Å²) in [5, 5.41) is 8.25. The van der Waals surface area contributed by atoms with Crippen molar-refractivity contribution in [2.24, 2.45) is 0 Å². The monoisotopic (exact) mass is 294 g/mol. The number of hydrogen-bond donors (Lipinski definition) is 0. The Bertz CT molecular complexity index is 270. The van der Waals surface area contributed by atoms with E-state index >= 15 is 0 Å². The molecule has 17 heavy (non-hydrogen) atoms. The minimum Gasteiger partial charge on any atom is -0.381 e. The molecule has 0 amide bonds. The first-order chi connectivity index (χ1) is 8.36. The maximum Gasteiger partial charge on any atom is 0.175 e. The van der Waals surface area contributed by atoms with Gasteiger partial charge in [-0.2, -0.15) is 0 Å². The highest BCUT2D eigenvalue weighted by molar-refractivity contribution is 8.03. The number of thioether (sulfide) groups is 2. The molecule has 0 aliphatic rings. The van der Waals surface area contributed by atoms with Crippen molar-refractivity contribution in [2.45, 2.75) is 22.5 Å². The summed E-state index contributed by atoms with van der Waals surface area (Å²) in [5.74, 6) is 1.87. The van der Waals surface area contributed by atoms with Gasteiger partial charge in [-0.1, -0.05) is 34.9 Å². The van der Waals surface area contributed by atoms with Crippen LogP contribution in [0.2, 0.25) is 0 Å². The average Bonchev–Trinajstić information content (AvgIpc) is 2.78. The van der Waals surface area contributed by atoms with Crippen molar-refractivity contribution in [3.05, 3.63) is 0 Å². The minimum atomic E-state index is 0.771. The van der Waals surface area contributed by atoms with Crippen LogP contribution in [0, 0.1) is 0 Å². The van der Waals surface area contributed by atoms with Gasteiger partial charge in [0.15, 0.2) is 8.68 Å². The molecule has 0 atom stereocenters. The summed E-state index contributed by atoms with van der Waals surface area (Å²) < 4.78 is 12.6. The summed E-state index contributed by atoms with van der Waals surface area (Å²) in [6.45, 7) is 7.09. The Kier molecular flexibility index (Phi) is 9.08. The predicted octanol–water partition coefficient (Wildman–Crippen LogP) is 2.80. The second kappa shape index (κ2) is 10.1. The molecule has 1 aromatic heterocycles. The average molecular weight is 294 g/mol. The van der Waals surface area contributed by atoms with Crippen LogP contribution in [-0.4, -0.2) is 48.1 Å². The summed E-state index contributed by atoms with van der Waals surface area (Å²) in [6, 6.07) is 0. The van der Waals surface area contributed by atoms with Gasteiger partial charge in [0.2, 0.25) is 0 Å².